The molecule has 1 heterocycles. The highest BCUT2D eigenvalue weighted by molar-refractivity contribution is 5.85. The van der Waals surface area contributed by atoms with Crippen LogP contribution in [0.25, 0.3) is 15.8 Å². The van der Waals surface area contributed by atoms with Crippen molar-refractivity contribution in [1.82, 2.24) is 5.16 Å². The van der Waals surface area contributed by atoms with Crippen molar-refractivity contribution in [2.24, 2.45) is 0 Å². The molecule has 0 saturated carbocycles. The molecule has 0 aliphatic rings. The van der Waals surface area contributed by atoms with Gasteiger partial charge in [-0.05, 0) is 37.1 Å². The number of fused-ring (bicyclic) bond motifs is 1. The van der Waals surface area contributed by atoms with Gasteiger partial charge in [-0.1, -0.05) is 24.6 Å². The van der Waals surface area contributed by atoms with E-state index >= 15 is 0 Å². The highest BCUT2D eigenvalue weighted by Gasteiger charge is 2.38. The molecule has 0 radical (unpaired) electrons. The van der Waals surface area contributed by atoms with Crippen LogP contribution in [0.5, 0.6) is 5.75 Å². The Morgan fingerprint density at radius 1 is 1.09 bits per heavy atom. The fourth-order valence-corrected chi connectivity index (χ4v) is 3.57. The van der Waals surface area contributed by atoms with Gasteiger partial charge in [0.25, 0.3) is 0 Å². The maximum atomic E-state index is 13.2. The summed E-state index contributed by atoms with van der Waals surface area (Å²) in [6, 6.07) is 6.22. The first kappa shape index (κ1) is 25.2. The van der Waals surface area contributed by atoms with E-state index in [1.165, 1.54) is 18.2 Å². The van der Waals surface area contributed by atoms with E-state index in [4.69, 9.17) is 15.8 Å². The van der Waals surface area contributed by atoms with Gasteiger partial charge in [0.05, 0.1) is 24.1 Å². The van der Waals surface area contributed by atoms with Crippen LogP contribution in [0.2, 0.25) is 0 Å². The normalized spacial score (nSPS) is 12.1. The van der Waals surface area contributed by atoms with E-state index in [0.717, 1.165) is 12.1 Å². The summed E-state index contributed by atoms with van der Waals surface area (Å²) in [6.07, 6.45) is -7.78. The monoisotopic (exact) mass is 485 g/mol. The number of aryl methyl sites for hydroxylation is 1. The van der Waals surface area contributed by atoms with Gasteiger partial charge in [0.1, 0.15) is 5.75 Å². The Bertz CT molecular complexity index is 1190. The number of hydrogen-bond acceptors (Lipinski definition) is 4. The molecule has 0 N–H and O–H groups in total. The summed E-state index contributed by atoms with van der Waals surface area (Å²) in [4.78, 5) is 4.53. The SMILES string of the molecule is [C-]#[N+]c1ccc(N(C)CCCOc2ccc3c(C(F)(F)F)noc3c2CCC)cc1C(F)(F)F. The first-order chi connectivity index (χ1) is 16.0. The first-order valence-corrected chi connectivity index (χ1v) is 10.4. The van der Waals surface area contributed by atoms with Crippen molar-refractivity contribution in [2.45, 2.75) is 38.5 Å². The number of ether oxygens (including phenoxy) is 1. The van der Waals surface area contributed by atoms with Crippen LogP contribution in [0, 0.1) is 6.57 Å². The van der Waals surface area contributed by atoms with Crippen molar-refractivity contribution in [2.75, 3.05) is 25.1 Å². The Morgan fingerprint density at radius 3 is 2.44 bits per heavy atom. The van der Waals surface area contributed by atoms with Gasteiger partial charge < -0.3 is 14.2 Å². The highest BCUT2D eigenvalue weighted by atomic mass is 19.4. The molecular weight excluding hydrogens is 464 g/mol. The maximum Gasteiger partial charge on any atom is 0.437 e. The van der Waals surface area contributed by atoms with Gasteiger partial charge in [-0.25, -0.2) is 4.85 Å². The lowest BCUT2D eigenvalue weighted by Crippen LogP contribution is -2.21. The second-order valence-electron chi connectivity index (χ2n) is 7.63. The minimum Gasteiger partial charge on any atom is -0.493 e. The standard InChI is InChI=1S/C23H21F6N3O2/c1-4-6-15-19(10-8-16-20(15)34-31-21(16)23(27,28)29)33-12-5-11-32(3)14-7-9-18(30-2)17(13-14)22(24,25)26/h7-10,13H,4-6,11-12H2,1,3H3. The Morgan fingerprint density at radius 2 is 1.82 bits per heavy atom. The van der Waals surface area contributed by atoms with Crippen LogP contribution in [0.4, 0.5) is 37.7 Å². The molecule has 0 fully saturated rings. The number of nitrogens with zero attached hydrogens (tertiary/aromatic N) is 3. The number of hydrogen-bond donors (Lipinski definition) is 0. The molecule has 3 aromatic rings. The second kappa shape index (κ2) is 9.83. The third kappa shape index (κ3) is 5.38. The average Bonchev–Trinajstić information content (AvgIpc) is 3.21. The molecule has 0 amide bonds. The van der Waals surface area contributed by atoms with E-state index in [1.807, 2.05) is 6.92 Å². The summed E-state index contributed by atoms with van der Waals surface area (Å²) >= 11 is 0. The Balaban J connectivity index is 1.69. The van der Waals surface area contributed by atoms with Gasteiger partial charge in [-0.15, -0.1) is 0 Å². The van der Waals surface area contributed by atoms with Gasteiger partial charge in [-0.3, -0.25) is 0 Å². The van der Waals surface area contributed by atoms with Crippen molar-refractivity contribution in [3.05, 3.63) is 58.6 Å². The smallest absolute Gasteiger partial charge is 0.437 e. The van der Waals surface area contributed by atoms with Crippen LogP contribution >= 0.6 is 0 Å². The summed E-state index contributed by atoms with van der Waals surface area (Å²) in [5.74, 6) is 0.377. The van der Waals surface area contributed by atoms with E-state index in [2.05, 4.69) is 10.0 Å². The lowest BCUT2D eigenvalue weighted by atomic mass is 10.0. The fourth-order valence-electron chi connectivity index (χ4n) is 3.57. The van der Waals surface area contributed by atoms with Crippen molar-refractivity contribution in [3.63, 3.8) is 0 Å². The fraction of sp³-hybridized carbons (Fsp3) is 0.391. The molecule has 0 bridgehead atoms. The summed E-state index contributed by atoms with van der Waals surface area (Å²) < 4.78 is 89.7. The van der Waals surface area contributed by atoms with Gasteiger partial charge in [0.15, 0.2) is 17.0 Å². The molecule has 0 unspecified atom stereocenters. The molecule has 5 nitrogen and oxygen atoms in total. The summed E-state index contributed by atoms with van der Waals surface area (Å²) in [5.41, 5.74) is -1.73. The predicted molar refractivity (Wildman–Crippen MR) is 114 cm³/mol. The second-order valence-corrected chi connectivity index (χ2v) is 7.63. The Hall–Kier alpha value is -3.42. The van der Waals surface area contributed by atoms with Gasteiger partial charge >= 0.3 is 12.4 Å². The van der Waals surface area contributed by atoms with Crippen LogP contribution < -0.4 is 9.64 Å². The van der Waals surface area contributed by atoms with Crippen molar-refractivity contribution >= 4 is 22.3 Å². The predicted octanol–water partition coefficient (Wildman–Crippen LogP) is 7.27. The zero-order valence-corrected chi connectivity index (χ0v) is 18.3. The number of halogens is 6. The van der Waals surface area contributed by atoms with Crippen LogP contribution in [-0.4, -0.2) is 25.4 Å². The zero-order valence-electron chi connectivity index (χ0n) is 18.3. The van der Waals surface area contributed by atoms with Crippen molar-refractivity contribution in [1.29, 1.82) is 0 Å². The zero-order chi connectivity index (χ0) is 25.1. The average molecular weight is 485 g/mol. The number of benzene rings is 2. The van der Waals surface area contributed by atoms with Gasteiger partial charge in [-0.2, -0.15) is 26.3 Å². The van der Waals surface area contributed by atoms with Crippen LogP contribution in [0.15, 0.2) is 34.9 Å². The molecule has 1 aromatic heterocycles. The van der Waals surface area contributed by atoms with Crippen LogP contribution in [0.1, 0.15) is 36.6 Å². The quantitative estimate of drug-likeness (QED) is 0.191. The molecule has 2 aromatic carbocycles. The Kier molecular flexibility index (Phi) is 7.29. The molecule has 0 atom stereocenters. The third-order valence-electron chi connectivity index (χ3n) is 5.21. The number of anilines is 1. The maximum absolute atomic E-state index is 13.2. The summed E-state index contributed by atoms with van der Waals surface area (Å²) in [6.45, 7) is 9.31. The molecule has 182 valence electrons. The lowest BCUT2D eigenvalue weighted by Gasteiger charge is -2.21. The largest absolute Gasteiger partial charge is 0.493 e. The van der Waals surface area contributed by atoms with Crippen LogP contribution in [-0.2, 0) is 18.8 Å². The van der Waals surface area contributed by atoms with Gasteiger partial charge in [0.2, 0.25) is 0 Å². The molecule has 11 heteroatoms. The minimum absolute atomic E-state index is 0.0309. The van der Waals surface area contributed by atoms with E-state index in [9.17, 15) is 26.3 Å². The summed E-state index contributed by atoms with van der Waals surface area (Å²) in [7, 11) is 1.62. The molecule has 0 spiro atoms. The van der Waals surface area contributed by atoms with E-state index in [0.29, 0.717) is 42.8 Å². The molecule has 0 saturated heterocycles. The molecule has 0 aliphatic carbocycles. The minimum atomic E-state index is -4.64. The molecule has 34 heavy (non-hydrogen) atoms. The molecule has 0 aliphatic heterocycles. The van der Waals surface area contributed by atoms with E-state index in [-0.39, 0.29) is 17.6 Å². The number of aromatic nitrogens is 1. The third-order valence-corrected chi connectivity index (χ3v) is 5.21. The first-order valence-electron chi connectivity index (χ1n) is 10.4. The summed E-state index contributed by atoms with van der Waals surface area (Å²) in [5, 5.41) is 3.05. The molecular formula is C23H21F6N3O2. The van der Waals surface area contributed by atoms with Crippen molar-refractivity contribution < 1.29 is 35.6 Å². The highest BCUT2D eigenvalue weighted by Crippen LogP contribution is 2.39. The lowest BCUT2D eigenvalue weighted by molar-refractivity contribution is -0.141. The number of alkyl halides is 6. The van der Waals surface area contributed by atoms with Crippen LogP contribution in [0.3, 0.4) is 0 Å². The van der Waals surface area contributed by atoms with Crippen molar-refractivity contribution in [3.8, 4) is 5.75 Å². The van der Waals surface area contributed by atoms with E-state index in [1.54, 1.807) is 11.9 Å². The topological polar surface area (TPSA) is 42.9 Å². The molecule has 3 rings (SSSR count). The van der Waals surface area contributed by atoms with Gasteiger partial charge in [0, 0.05) is 24.8 Å². The Labute approximate surface area is 191 Å². The number of rotatable bonds is 8. The van der Waals surface area contributed by atoms with E-state index < -0.39 is 29.3 Å².